The first-order valence-corrected chi connectivity index (χ1v) is 13.2. The van der Waals surface area contributed by atoms with Crippen molar-refractivity contribution in [2.75, 3.05) is 29.9 Å². The van der Waals surface area contributed by atoms with E-state index in [-0.39, 0.29) is 22.3 Å². The molecule has 6 nitrogen and oxygen atoms in total. The van der Waals surface area contributed by atoms with Crippen molar-refractivity contribution >= 4 is 34.2 Å². The Bertz CT molecular complexity index is 1170. The number of anilines is 2. The van der Waals surface area contributed by atoms with Crippen LogP contribution in [0.5, 0.6) is 0 Å². The van der Waals surface area contributed by atoms with E-state index >= 15 is 0 Å². The van der Waals surface area contributed by atoms with Crippen LogP contribution in [0.1, 0.15) is 48.9 Å². The van der Waals surface area contributed by atoms with Crippen molar-refractivity contribution < 1.29 is 9.32 Å². The molecule has 2 aliphatic heterocycles. The molecule has 1 atom stereocenters. The van der Waals surface area contributed by atoms with Crippen molar-refractivity contribution in [1.29, 1.82) is 0 Å². The summed E-state index contributed by atoms with van der Waals surface area (Å²) in [6, 6.07) is 6.27. The molecule has 0 amide bonds. The van der Waals surface area contributed by atoms with Crippen LogP contribution >= 0.6 is 11.6 Å². The highest BCUT2D eigenvalue weighted by Gasteiger charge is 2.57. The highest BCUT2D eigenvalue weighted by Crippen LogP contribution is 2.54. The number of halogens is 1. The van der Waals surface area contributed by atoms with E-state index < -0.39 is 10.8 Å². The maximum absolute atomic E-state index is 13.3. The Morgan fingerprint density at radius 3 is 2.56 bits per heavy atom. The zero-order chi connectivity index (χ0) is 21.7. The molecule has 0 unspecified atom stereocenters. The van der Waals surface area contributed by atoms with Crippen LogP contribution in [0.2, 0.25) is 5.02 Å². The summed E-state index contributed by atoms with van der Waals surface area (Å²) in [5, 5.41) is 14.3. The number of rotatable bonds is 4. The molecule has 1 aromatic carbocycles. The molecule has 2 spiro atoms. The maximum Gasteiger partial charge on any atom is 0.227 e. The van der Waals surface area contributed by atoms with Crippen LogP contribution in [-0.2, 0) is 30.1 Å². The van der Waals surface area contributed by atoms with Crippen LogP contribution in [0.15, 0.2) is 23.1 Å². The fraction of sp³-hybridized carbons (Fsp3) is 0.583. The number of nitrogens with zero attached hydrogens (tertiary/aromatic N) is 3. The average molecular weight is 471 g/mol. The Morgan fingerprint density at radius 1 is 1.09 bits per heavy atom. The van der Waals surface area contributed by atoms with E-state index in [0.717, 1.165) is 86.0 Å². The van der Waals surface area contributed by atoms with E-state index in [2.05, 4.69) is 22.3 Å². The molecule has 0 radical (unpaired) electrons. The highest BCUT2D eigenvalue weighted by molar-refractivity contribution is 7.87. The molecule has 1 saturated heterocycles. The van der Waals surface area contributed by atoms with Crippen LogP contribution < -0.4 is 10.2 Å². The topological polar surface area (TPSA) is 78.4 Å². The molecule has 7 rings (SSSR count). The van der Waals surface area contributed by atoms with Gasteiger partial charge in [-0.15, -0.1) is 0 Å². The van der Waals surface area contributed by atoms with Gasteiger partial charge in [-0.1, -0.05) is 17.7 Å². The minimum atomic E-state index is -1.07. The lowest BCUT2D eigenvalue weighted by Gasteiger charge is -2.48. The lowest BCUT2D eigenvalue weighted by Crippen LogP contribution is -2.58. The Labute approximate surface area is 195 Å². The predicted octanol–water partition coefficient (Wildman–Crippen LogP) is 3.26. The van der Waals surface area contributed by atoms with Gasteiger partial charge >= 0.3 is 0 Å². The van der Waals surface area contributed by atoms with Crippen LogP contribution in [0.3, 0.4) is 0 Å². The number of aliphatic hydroxyl groups excluding tert-OH is 1. The Balaban J connectivity index is 1.19. The second kappa shape index (κ2) is 6.45. The average Bonchev–Trinajstić information content (AvgIpc) is 3.30. The molecule has 3 fully saturated rings. The van der Waals surface area contributed by atoms with E-state index in [4.69, 9.17) is 21.6 Å². The summed E-state index contributed by atoms with van der Waals surface area (Å²) < 4.78 is 13.2. The van der Waals surface area contributed by atoms with Gasteiger partial charge in [0.1, 0.15) is 10.7 Å². The largest absolute Gasteiger partial charge is 0.394 e. The molecule has 32 heavy (non-hydrogen) atoms. The number of nitrogens with one attached hydrogen (secondary N) is 1. The van der Waals surface area contributed by atoms with E-state index in [0.29, 0.717) is 5.82 Å². The normalized spacial score (nSPS) is 27.1. The van der Waals surface area contributed by atoms with Gasteiger partial charge in [0.15, 0.2) is 0 Å². The van der Waals surface area contributed by atoms with Crippen molar-refractivity contribution in [2.24, 2.45) is 5.41 Å². The van der Waals surface area contributed by atoms with Crippen LogP contribution in [0.4, 0.5) is 11.8 Å². The predicted molar refractivity (Wildman–Crippen MR) is 125 cm³/mol. The van der Waals surface area contributed by atoms with Crippen LogP contribution in [-0.4, -0.2) is 49.3 Å². The summed E-state index contributed by atoms with van der Waals surface area (Å²) in [5.41, 5.74) is 3.64. The fourth-order valence-corrected chi connectivity index (χ4v) is 8.19. The van der Waals surface area contributed by atoms with Gasteiger partial charge in [-0.05, 0) is 68.2 Å². The van der Waals surface area contributed by atoms with Crippen molar-refractivity contribution in [1.82, 2.24) is 9.97 Å². The molecule has 8 heteroatoms. The Morgan fingerprint density at radius 2 is 1.88 bits per heavy atom. The number of aliphatic hydroxyl groups is 1. The molecule has 3 heterocycles. The minimum Gasteiger partial charge on any atom is -0.394 e. The van der Waals surface area contributed by atoms with Crippen molar-refractivity contribution in [3.63, 3.8) is 0 Å². The van der Waals surface area contributed by atoms with E-state index in [1.165, 1.54) is 11.1 Å². The number of benzene rings is 1. The van der Waals surface area contributed by atoms with Gasteiger partial charge in [0.25, 0.3) is 0 Å². The molecule has 0 bridgehead atoms. The van der Waals surface area contributed by atoms with Gasteiger partial charge in [-0.25, -0.2) is 4.98 Å². The third-order valence-corrected chi connectivity index (χ3v) is 10.8. The number of fused-ring (bicyclic) bond motifs is 2. The number of hydrogen-bond acceptors (Lipinski definition) is 6. The van der Waals surface area contributed by atoms with E-state index in [1.807, 2.05) is 6.07 Å². The van der Waals surface area contributed by atoms with Gasteiger partial charge in [0.05, 0.1) is 33.4 Å². The number of aromatic nitrogens is 2. The zero-order valence-electron chi connectivity index (χ0n) is 18.0. The van der Waals surface area contributed by atoms with Gasteiger partial charge in [-0.2, -0.15) is 4.98 Å². The van der Waals surface area contributed by atoms with Gasteiger partial charge in [0.2, 0.25) is 5.95 Å². The Hall–Kier alpha value is -1.70. The van der Waals surface area contributed by atoms with Gasteiger partial charge in [0, 0.05) is 29.9 Å². The van der Waals surface area contributed by atoms with Gasteiger partial charge < -0.3 is 15.3 Å². The lowest BCUT2D eigenvalue weighted by molar-refractivity contribution is 0.143. The molecule has 2 aromatic rings. The van der Waals surface area contributed by atoms with Crippen LogP contribution in [0, 0.1) is 5.41 Å². The van der Waals surface area contributed by atoms with Crippen molar-refractivity contribution in [2.45, 2.75) is 66.5 Å². The molecule has 168 valence electrons. The quantitative estimate of drug-likeness (QED) is 0.714. The summed E-state index contributed by atoms with van der Waals surface area (Å²) in [6.07, 6.45) is 7.86. The standard InChI is InChI=1S/C24H27ClN4O2S/c25-17-3-2-15-9-22(10-16(15)8-17)12-29(13-22)21-26-18-11-24(6-7-24)32(31)19(18)20(27-21)28-23(14-30)4-1-5-23/h2-3,8,30H,1,4-7,9-14H2,(H,26,27,28)/t32-/m1/s1. The third-order valence-electron chi connectivity index (χ3n) is 8.43. The molecule has 3 aliphatic carbocycles. The monoisotopic (exact) mass is 470 g/mol. The highest BCUT2D eigenvalue weighted by atomic mass is 35.5. The van der Waals surface area contributed by atoms with Crippen molar-refractivity contribution in [3.05, 3.63) is 40.0 Å². The summed E-state index contributed by atoms with van der Waals surface area (Å²) in [5.74, 6) is 1.44. The number of hydrogen-bond donors (Lipinski definition) is 2. The first kappa shape index (κ1) is 19.7. The first-order valence-electron chi connectivity index (χ1n) is 11.7. The fourth-order valence-electron chi connectivity index (χ4n) is 6.22. The Kier molecular flexibility index (Phi) is 3.98. The SMILES string of the molecule is O=[S@@]1c2c(nc(N3CC4(Cc5ccc(Cl)cc5C4)C3)nc2NC2(CO)CCC2)CC12CC2. The molecule has 1 aromatic heterocycles. The third kappa shape index (κ3) is 2.77. The molecular formula is C24H27ClN4O2S. The first-order chi connectivity index (χ1) is 15.4. The zero-order valence-corrected chi connectivity index (χ0v) is 19.6. The second-order valence-electron chi connectivity index (χ2n) is 10.8. The minimum absolute atomic E-state index is 0.0759. The maximum atomic E-state index is 13.3. The summed E-state index contributed by atoms with van der Waals surface area (Å²) in [7, 11) is -1.07. The van der Waals surface area contributed by atoms with Crippen LogP contribution in [0.25, 0.3) is 0 Å². The molecular weight excluding hydrogens is 444 g/mol. The summed E-state index contributed by atoms with van der Waals surface area (Å²) >= 11 is 6.22. The molecule has 2 N–H and O–H groups in total. The summed E-state index contributed by atoms with van der Waals surface area (Å²) in [6.45, 7) is 1.93. The smallest absolute Gasteiger partial charge is 0.227 e. The second-order valence-corrected chi connectivity index (χ2v) is 13.1. The van der Waals surface area contributed by atoms with Gasteiger partial charge in [-0.3, -0.25) is 4.21 Å². The van der Waals surface area contributed by atoms with E-state index in [1.54, 1.807) is 0 Å². The summed E-state index contributed by atoms with van der Waals surface area (Å²) in [4.78, 5) is 12.9. The molecule has 5 aliphatic rings. The van der Waals surface area contributed by atoms with E-state index in [9.17, 15) is 9.32 Å². The molecule has 2 saturated carbocycles. The lowest BCUT2D eigenvalue weighted by atomic mass is 9.77. The van der Waals surface area contributed by atoms with Crippen molar-refractivity contribution in [3.8, 4) is 0 Å².